The summed E-state index contributed by atoms with van der Waals surface area (Å²) in [4.78, 5) is 26.7. The molecule has 13 heteroatoms. The molecule has 3 N–H and O–H groups in total. The van der Waals surface area contributed by atoms with Gasteiger partial charge in [0.1, 0.15) is 12.6 Å². The van der Waals surface area contributed by atoms with Gasteiger partial charge in [0.2, 0.25) is 5.91 Å². The van der Waals surface area contributed by atoms with Crippen molar-refractivity contribution in [1.82, 2.24) is 4.90 Å². The van der Waals surface area contributed by atoms with E-state index in [-0.39, 0.29) is 37.9 Å². The highest BCUT2D eigenvalue weighted by atomic mass is 19.4. The Hall–Kier alpha value is -2.38. The normalized spacial score (nSPS) is 18.5. The molecule has 0 bridgehead atoms. The highest BCUT2D eigenvalue weighted by molar-refractivity contribution is 5.98. The second-order valence-corrected chi connectivity index (χ2v) is 8.05. The van der Waals surface area contributed by atoms with Gasteiger partial charge in [-0.3, -0.25) is 14.5 Å². The van der Waals surface area contributed by atoms with E-state index in [9.17, 15) is 35.9 Å². The zero-order chi connectivity index (χ0) is 24.4. The van der Waals surface area contributed by atoms with Crippen LogP contribution >= 0.6 is 0 Å². The second kappa shape index (κ2) is 9.85. The van der Waals surface area contributed by atoms with Crippen molar-refractivity contribution in [3.8, 4) is 0 Å². The number of alkyl halides is 6. The van der Waals surface area contributed by atoms with Gasteiger partial charge in [-0.25, -0.2) is 0 Å². The fraction of sp³-hybridized carbons (Fsp3) is 0.600. The highest BCUT2D eigenvalue weighted by Gasteiger charge is 2.40. The Labute approximate surface area is 185 Å². The molecule has 2 amide bonds. The third kappa shape index (κ3) is 6.81. The molecule has 1 aliphatic heterocycles. The van der Waals surface area contributed by atoms with E-state index in [0.717, 1.165) is 15.9 Å². The first kappa shape index (κ1) is 25.2. The molecule has 1 aliphatic carbocycles. The lowest BCUT2D eigenvalue weighted by Crippen LogP contribution is -2.52. The number of carbonyl (C=O) groups excluding carboxylic acids is 2. The number of hydrogen-bond donors (Lipinski definition) is 2. The summed E-state index contributed by atoms with van der Waals surface area (Å²) in [5.41, 5.74) is 3.67. The van der Waals surface area contributed by atoms with Gasteiger partial charge in [-0.05, 0) is 37.0 Å². The third-order valence-corrected chi connectivity index (χ3v) is 5.40. The van der Waals surface area contributed by atoms with E-state index in [1.807, 2.05) is 0 Å². The largest absolute Gasteiger partial charge is 0.418 e. The summed E-state index contributed by atoms with van der Waals surface area (Å²) in [6, 6.07) is 1.45. The molecule has 0 aromatic heterocycles. The number of nitrogens with zero attached hydrogens (tertiary/aromatic N) is 2. The maximum absolute atomic E-state index is 13.7. The van der Waals surface area contributed by atoms with Crippen LogP contribution in [0.2, 0.25) is 0 Å². The lowest BCUT2D eigenvalue weighted by molar-refractivity contribution is -0.154. The first-order valence-corrected chi connectivity index (χ1v) is 10.3. The summed E-state index contributed by atoms with van der Waals surface area (Å²) in [5, 5.41) is 2.09. The highest BCUT2D eigenvalue weighted by Crippen LogP contribution is 2.38. The van der Waals surface area contributed by atoms with Crippen LogP contribution < -0.4 is 16.0 Å². The first-order valence-electron chi connectivity index (χ1n) is 10.3. The van der Waals surface area contributed by atoms with Gasteiger partial charge in [0.15, 0.2) is 0 Å². The van der Waals surface area contributed by atoms with Crippen molar-refractivity contribution in [2.45, 2.75) is 31.2 Å². The number of nitrogens with one attached hydrogen (secondary N) is 1. The molecule has 0 radical (unpaired) electrons. The zero-order valence-corrected chi connectivity index (χ0v) is 17.5. The topological polar surface area (TPSA) is 87.9 Å². The molecule has 3 rings (SSSR count). The summed E-state index contributed by atoms with van der Waals surface area (Å²) in [7, 11) is 0. The number of benzene rings is 1. The average molecular weight is 482 g/mol. The number of amides is 2. The first-order chi connectivity index (χ1) is 15.4. The summed E-state index contributed by atoms with van der Waals surface area (Å²) < 4.78 is 85.2. The van der Waals surface area contributed by atoms with Crippen LogP contribution in [0.5, 0.6) is 0 Å². The Morgan fingerprint density at radius 2 is 1.94 bits per heavy atom. The Bertz CT molecular complexity index is 872. The van der Waals surface area contributed by atoms with Gasteiger partial charge in [0.05, 0.1) is 24.4 Å². The van der Waals surface area contributed by atoms with Crippen molar-refractivity contribution >= 4 is 23.2 Å². The van der Waals surface area contributed by atoms with Crippen molar-refractivity contribution in [2.75, 3.05) is 49.6 Å². The molecule has 1 saturated carbocycles. The molecular formula is C20H24F6N4O3. The molecule has 1 saturated heterocycles. The number of rotatable bonds is 8. The number of nitrogens with two attached hydrogens (primary N) is 1. The second-order valence-electron chi connectivity index (χ2n) is 8.05. The third-order valence-electron chi connectivity index (χ3n) is 5.40. The lowest BCUT2D eigenvalue weighted by atomic mass is 10.1. The predicted molar refractivity (Wildman–Crippen MR) is 106 cm³/mol. The van der Waals surface area contributed by atoms with Crippen LogP contribution in [0.1, 0.15) is 18.4 Å². The summed E-state index contributed by atoms with van der Waals surface area (Å²) in [6.07, 6.45) is -8.07. The van der Waals surface area contributed by atoms with Crippen LogP contribution in [0, 0.1) is 5.92 Å². The molecule has 2 aliphatic rings. The quantitative estimate of drug-likeness (QED) is 0.557. The molecule has 0 spiro atoms. The number of carbonyl (C=O) groups is 2. The van der Waals surface area contributed by atoms with Crippen LogP contribution in [0.25, 0.3) is 0 Å². The Morgan fingerprint density at radius 3 is 2.48 bits per heavy atom. The molecule has 0 unspecified atom stereocenters. The van der Waals surface area contributed by atoms with Gasteiger partial charge < -0.3 is 20.7 Å². The fourth-order valence-electron chi connectivity index (χ4n) is 3.64. The predicted octanol–water partition coefficient (Wildman–Crippen LogP) is 2.61. The Kier molecular flexibility index (Phi) is 7.54. The molecule has 1 atom stereocenters. The molecule has 33 heavy (non-hydrogen) atoms. The minimum atomic E-state index is -4.90. The summed E-state index contributed by atoms with van der Waals surface area (Å²) in [6.45, 7) is -1.99. The maximum atomic E-state index is 13.7. The zero-order valence-electron chi connectivity index (χ0n) is 17.5. The SMILES string of the molecule is NC[C@@H](C(=O)Nc1ccc(N2CCOCC2=O)cc1C(F)(F)F)N(CC1CC1)CC(F)(F)F. The van der Waals surface area contributed by atoms with E-state index < -0.39 is 54.5 Å². The standard InChI is InChI=1S/C20H24F6N4O3/c21-19(22,23)11-29(9-12-1-2-12)16(8-27)18(32)28-15-4-3-13(7-14(15)20(24,25)26)30-5-6-33-10-17(30)31/h3-4,7,12,16H,1-2,5-6,8-11,27H2,(H,28,32)/t16-/m0/s1. The van der Waals surface area contributed by atoms with E-state index in [1.54, 1.807) is 0 Å². The minimum Gasteiger partial charge on any atom is -0.370 e. The lowest BCUT2D eigenvalue weighted by Gasteiger charge is -2.31. The van der Waals surface area contributed by atoms with E-state index in [4.69, 9.17) is 10.5 Å². The van der Waals surface area contributed by atoms with Gasteiger partial charge >= 0.3 is 12.4 Å². The number of morpholine rings is 1. The van der Waals surface area contributed by atoms with Crippen molar-refractivity contribution in [2.24, 2.45) is 11.7 Å². The van der Waals surface area contributed by atoms with Gasteiger partial charge in [0.25, 0.3) is 5.91 Å². The van der Waals surface area contributed by atoms with Crippen molar-refractivity contribution in [3.63, 3.8) is 0 Å². The van der Waals surface area contributed by atoms with Crippen molar-refractivity contribution in [3.05, 3.63) is 23.8 Å². The van der Waals surface area contributed by atoms with Crippen LogP contribution in [-0.2, 0) is 20.5 Å². The molecule has 7 nitrogen and oxygen atoms in total. The van der Waals surface area contributed by atoms with Gasteiger partial charge in [-0.15, -0.1) is 0 Å². The molecule has 1 heterocycles. The van der Waals surface area contributed by atoms with Crippen LogP contribution in [-0.4, -0.2) is 68.3 Å². The Morgan fingerprint density at radius 1 is 1.24 bits per heavy atom. The molecule has 184 valence electrons. The molecule has 1 aromatic rings. The summed E-state index contributed by atoms with van der Waals surface area (Å²) >= 11 is 0. The Balaban J connectivity index is 1.84. The molecule has 2 fully saturated rings. The van der Waals surface area contributed by atoms with E-state index in [2.05, 4.69) is 5.32 Å². The minimum absolute atomic E-state index is 0.00900. The maximum Gasteiger partial charge on any atom is 0.418 e. The fourth-order valence-corrected chi connectivity index (χ4v) is 3.64. The van der Waals surface area contributed by atoms with Crippen molar-refractivity contribution < 1.29 is 40.7 Å². The van der Waals surface area contributed by atoms with Crippen LogP contribution in [0.15, 0.2) is 18.2 Å². The van der Waals surface area contributed by atoms with Gasteiger partial charge in [0, 0.05) is 25.3 Å². The van der Waals surface area contributed by atoms with Gasteiger partial charge in [-0.2, -0.15) is 26.3 Å². The monoisotopic (exact) mass is 482 g/mol. The number of hydrogen-bond acceptors (Lipinski definition) is 5. The van der Waals surface area contributed by atoms with Crippen LogP contribution in [0.4, 0.5) is 37.7 Å². The van der Waals surface area contributed by atoms with E-state index in [0.29, 0.717) is 18.9 Å². The van der Waals surface area contributed by atoms with E-state index >= 15 is 0 Å². The van der Waals surface area contributed by atoms with Crippen LogP contribution in [0.3, 0.4) is 0 Å². The molecule has 1 aromatic carbocycles. The molecular weight excluding hydrogens is 458 g/mol. The van der Waals surface area contributed by atoms with Gasteiger partial charge in [-0.1, -0.05) is 0 Å². The number of halogens is 6. The summed E-state index contributed by atoms with van der Waals surface area (Å²) in [5.74, 6) is -1.59. The average Bonchev–Trinajstić information content (AvgIpc) is 3.51. The van der Waals surface area contributed by atoms with E-state index in [1.165, 1.54) is 6.07 Å². The smallest absolute Gasteiger partial charge is 0.370 e. The number of ether oxygens (including phenoxy) is 1. The van der Waals surface area contributed by atoms with Crippen molar-refractivity contribution in [1.29, 1.82) is 0 Å². The number of anilines is 2.